The average Bonchev–Trinajstić information content (AvgIpc) is 2.72. The molecule has 2 N–H and O–H groups in total. The third kappa shape index (κ3) is 2.43. The molecule has 0 radical (unpaired) electrons. The Labute approximate surface area is 105 Å². The summed E-state index contributed by atoms with van der Waals surface area (Å²) in [5.41, 5.74) is 7.34. The van der Waals surface area contributed by atoms with E-state index in [9.17, 15) is 0 Å². The topological polar surface area (TPSA) is 53.1 Å². The third-order valence-electron chi connectivity index (χ3n) is 2.49. The van der Waals surface area contributed by atoms with Crippen LogP contribution >= 0.6 is 11.6 Å². The minimum Gasteiger partial charge on any atom is -0.497 e. The normalized spacial score (nSPS) is 10.5. The Kier molecular flexibility index (Phi) is 3.66. The molecule has 0 atom stereocenters. The number of nitrogens with two attached hydrogens (primary N) is 1. The molecule has 0 saturated heterocycles. The summed E-state index contributed by atoms with van der Waals surface area (Å²) in [4.78, 5) is 0. The van der Waals surface area contributed by atoms with Crippen molar-refractivity contribution in [2.45, 2.75) is 6.42 Å². The van der Waals surface area contributed by atoms with E-state index < -0.39 is 0 Å². The van der Waals surface area contributed by atoms with Gasteiger partial charge in [0.15, 0.2) is 0 Å². The Balaban J connectivity index is 2.38. The summed E-state index contributed by atoms with van der Waals surface area (Å²) >= 11 is 6.24. The molecule has 2 rings (SSSR count). The second kappa shape index (κ2) is 5.21. The molecule has 1 aromatic heterocycles. The van der Waals surface area contributed by atoms with Gasteiger partial charge in [-0.25, -0.2) is 4.68 Å². The van der Waals surface area contributed by atoms with Gasteiger partial charge in [-0.05, 0) is 25.1 Å². The maximum atomic E-state index is 6.24. The summed E-state index contributed by atoms with van der Waals surface area (Å²) in [6.45, 7) is 0.559. The zero-order valence-electron chi connectivity index (χ0n) is 9.56. The van der Waals surface area contributed by atoms with Crippen molar-refractivity contribution in [2.75, 3.05) is 13.7 Å². The van der Waals surface area contributed by atoms with Crippen LogP contribution in [-0.2, 0) is 6.42 Å². The van der Waals surface area contributed by atoms with Crippen molar-refractivity contribution in [1.82, 2.24) is 9.78 Å². The van der Waals surface area contributed by atoms with E-state index >= 15 is 0 Å². The van der Waals surface area contributed by atoms with Gasteiger partial charge in [-0.2, -0.15) is 5.10 Å². The summed E-state index contributed by atoms with van der Waals surface area (Å²) in [7, 11) is 1.63. The van der Waals surface area contributed by atoms with Gasteiger partial charge in [0.05, 0.1) is 19.0 Å². The molecule has 0 aliphatic rings. The van der Waals surface area contributed by atoms with Crippen molar-refractivity contribution in [3.05, 3.63) is 41.2 Å². The second-order valence-corrected chi connectivity index (χ2v) is 3.97. The van der Waals surface area contributed by atoms with Crippen LogP contribution in [0.5, 0.6) is 5.75 Å². The van der Waals surface area contributed by atoms with E-state index in [2.05, 4.69) is 5.10 Å². The summed E-state index contributed by atoms with van der Waals surface area (Å²) in [6, 6.07) is 7.58. The Morgan fingerprint density at radius 2 is 2.29 bits per heavy atom. The van der Waals surface area contributed by atoms with Crippen LogP contribution in [0.15, 0.2) is 30.5 Å². The van der Waals surface area contributed by atoms with E-state index in [1.165, 1.54) is 0 Å². The minimum atomic E-state index is 0.559. The van der Waals surface area contributed by atoms with E-state index in [1.54, 1.807) is 18.0 Å². The summed E-state index contributed by atoms with van der Waals surface area (Å²) in [5, 5.41) is 4.85. The van der Waals surface area contributed by atoms with Crippen molar-refractivity contribution in [1.29, 1.82) is 0 Å². The van der Waals surface area contributed by atoms with E-state index in [1.807, 2.05) is 24.3 Å². The predicted molar refractivity (Wildman–Crippen MR) is 67.9 cm³/mol. The van der Waals surface area contributed by atoms with Crippen LogP contribution < -0.4 is 10.5 Å². The molecule has 17 heavy (non-hydrogen) atoms. The largest absolute Gasteiger partial charge is 0.497 e. The molecule has 0 unspecified atom stereocenters. The fraction of sp³-hybridized carbons (Fsp3) is 0.250. The molecule has 0 amide bonds. The van der Waals surface area contributed by atoms with Gasteiger partial charge in [-0.1, -0.05) is 17.7 Å². The van der Waals surface area contributed by atoms with Crippen molar-refractivity contribution >= 4 is 11.6 Å². The van der Waals surface area contributed by atoms with Crippen LogP contribution in [0.4, 0.5) is 0 Å². The van der Waals surface area contributed by atoms with Crippen LogP contribution in [0.3, 0.4) is 0 Å². The quantitative estimate of drug-likeness (QED) is 0.905. The van der Waals surface area contributed by atoms with E-state index in [4.69, 9.17) is 22.1 Å². The third-order valence-corrected chi connectivity index (χ3v) is 2.89. The highest BCUT2D eigenvalue weighted by Crippen LogP contribution is 2.22. The number of nitrogens with zero attached hydrogens (tertiary/aromatic N) is 2. The molecular formula is C12H14ClN3O. The number of hydrogen-bond acceptors (Lipinski definition) is 3. The summed E-state index contributed by atoms with van der Waals surface area (Å²) < 4.78 is 6.84. The van der Waals surface area contributed by atoms with Gasteiger partial charge in [0, 0.05) is 11.6 Å². The van der Waals surface area contributed by atoms with E-state index in [0.717, 1.165) is 23.4 Å². The summed E-state index contributed by atoms with van der Waals surface area (Å²) in [5.74, 6) is 0.773. The first-order chi connectivity index (χ1) is 8.26. The zero-order valence-corrected chi connectivity index (χ0v) is 10.3. The summed E-state index contributed by atoms with van der Waals surface area (Å²) in [6.07, 6.45) is 2.47. The second-order valence-electron chi connectivity index (χ2n) is 3.61. The van der Waals surface area contributed by atoms with Gasteiger partial charge in [0.2, 0.25) is 0 Å². The molecule has 0 spiro atoms. The molecule has 4 nitrogen and oxygen atoms in total. The minimum absolute atomic E-state index is 0.559. The number of methoxy groups -OCH3 is 1. The molecule has 1 aromatic carbocycles. The molecule has 5 heteroatoms. The van der Waals surface area contributed by atoms with Crippen LogP contribution in [0.25, 0.3) is 5.69 Å². The van der Waals surface area contributed by atoms with E-state index in [-0.39, 0.29) is 0 Å². The maximum absolute atomic E-state index is 6.24. The first-order valence-electron chi connectivity index (χ1n) is 5.33. The standard InChI is InChI=1S/C12H14ClN3O/c1-17-11-4-2-3-10(7-11)16-12(13)9(5-6-14)8-15-16/h2-4,7-8H,5-6,14H2,1H3. The number of benzene rings is 1. The van der Waals surface area contributed by atoms with Gasteiger partial charge in [0.25, 0.3) is 0 Å². The molecule has 2 aromatic rings. The zero-order chi connectivity index (χ0) is 12.3. The number of halogens is 1. The lowest BCUT2D eigenvalue weighted by Gasteiger charge is -2.06. The molecule has 90 valence electrons. The highest BCUT2D eigenvalue weighted by molar-refractivity contribution is 6.30. The number of rotatable bonds is 4. The van der Waals surface area contributed by atoms with Gasteiger partial charge in [-0.15, -0.1) is 0 Å². The van der Waals surface area contributed by atoms with Crippen LogP contribution in [0.2, 0.25) is 5.15 Å². The van der Waals surface area contributed by atoms with E-state index in [0.29, 0.717) is 11.7 Å². The van der Waals surface area contributed by atoms with Gasteiger partial charge in [0.1, 0.15) is 10.9 Å². The molecule has 0 aliphatic heterocycles. The lowest BCUT2D eigenvalue weighted by Crippen LogP contribution is -2.03. The van der Waals surface area contributed by atoms with Gasteiger partial charge < -0.3 is 10.5 Å². The first kappa shape index (κ1) is 12.0. The molecule has 0 fully saturated rings. The van der Waals surface area contributed by atoms with Crippen molar-refractivity contribution < 1.29 is 4.74 Å². The monoisotopic (exact) mass is 251 g/mol. The van der Waals surface area contributed by atoms with Crippen molar-refractivity contribution in [3.8, 4) is 11.4 Å². The van der Waals surface area contributed by atoms with Crippen LogP contribution in [0, 0.1) is 0 Å². The number of ether oxygens (including phenoxy) is 1. The number of hydrogen-bond donors (Lipinski definition) is 1. The Hall–Kier alpha value is -1.52. The fourth-order valence-electron chi connectivity index (χ4n) is 1.61. The average molecular weight is 252 g/mol. The Morgan fingerprint density at radius 1 is 1.47 bits per heavy atom. The van der Waals surface area contributed by atoms with Crippen LogP contribution in [-0.4, -0.2) is 23.4 Å². The Bertz CT molecular complexity index is 510. The lowest BCUT2D eigenvalue weighted by molar-refractivity contribution is 0.414. The van der Waals surface area contributed by atoms with Crippen LogP contribution in [0.1, 0.15) is 5.56 Å². The molecule has 0 bridgehead atoms. The molecular weight excluding hydrogens is 238 g/mol. The molecule has 0 saturated carbocycles. The van der Waals surface area contributed by atoms with Gasteiger partial charge in [-0.3, -0.25) is 0 Å². The molecule has 0 aliphatic carbocycles. The van der Waals surface area contributed by atoms with Crippen molar-refractivity contribution in [2.24, 2.45) is 5.73 Å². The lowest BCUT2D eigenvalue weighted by atomic mass is 10.2. The highest BCUT2D eigenvalue weighted by atomic mass is 35.5. The van der Waals surface area contributed by atoms with Gasteiger partial charge >= 0.3 is 0 Å². The first-order valence-corrected chi connectivity index (χ1v) is 5.71. The Morgan fingerprint density at radius 3 is 3.00 bits per heavy atom. The SMILES string of the molecule is COc1cccc(-n2ncc(CCN)c2Cl)c1. The predicted octanol–water partition coefficient (Wildman–Crippen LogP) is 2.04. The highest BCUT2D eigenvalue weighted by Gasteiger charge is 2.09. The number of aromatic nitrogens is 2. The fourth-order valence-corrected chi connectivity index (χ4v) is 1.90. The van der Waals surface area contributed by atoms with Crippen molar-refractivity contribution in [3.63, 3.8) is 0 Å². The smallest absolute Gasteiger partial charge is 0.136 e. The molecule has 1 heterocycles. The maximum Gasteiger partial charge on any atom is 0.136 e.